The highest BCUT2D eigenvalue weighted by Crippen LogP contribution is 2.39. The molecule has 2 heterocycles. The van der Waals surface area contributed by atoms with Crippen molar-refractivity contribution in [2.45, 2.75) is 19.0 Å². The van der Waals surface area contributed by atoms with Crippen LogP contribution in [0.2, 0.25) is 0 Å². The van der Waals surface area contributed by atoms with Crippen LogP contribution in [0.4, 0.5) is 18.9 Å². The number of rotatable bonds is 3. The number of nitrogens with two attached hydrogens (primary N) is 1. The van der Waals surface area contributed by atoms with Gasteiger partial charge in [0.15, 0.2) is 0 Å². The van der Waals surface area contributed by atoms with E-state index in [1.165, 1.54) is 12.1 Å². The Labute approximate surface area is 157 Å². The van der Waals surface area contributed by atoms with Crippen molar-refractivity contribution in [1.29, 1.82) is 0 Å². The first-order valence-electron chi connectivity index (χ1n) is 8.13. The summed E-state index contributed by atoms with van der Waals surface area (Å²) in [6.45, 7) is 1.29. The number of benzene rings is 1. The highest BCUT2D eigenvalue weighted by molar-refractivity contribution is 9.10. The van der Waals surface area contributed by atoms with Gasteiger partial charge in [-0.05, 0) is 46.5 Å². The molecule has 0 spiro atoms. The topological polar surface area (TPSA) is 59.2 Å². The maximum Gasteiger partial charge on any atom is 0.416 e. The molecule has 1 fully saturated rings. The van der Waals surface area contributed by atoms with Crippen molar-refractivity contribution in [2.24, 2.45) is 11.7 Å². The lowest BCUT2D eigenvalue weighted by molar-refractivity contribution is -0.137. The van der Waals surface area contributed by atoms with E-state index in [9.17, 15) is 18.0 Å². The van der Waals surface area contributed by atoms with Crippen LogP contribution in [0, 0.1) is 5.92 Å². The van der Waals surface area contributed by atoms with Gasteiger partial charge in [-0.3, -0.25) is 9.78 Å². The fourth-order valence-corrected chi connectivity index (χ4v) is 3.77. The monoisotopic (exact) mass is 427 g/mol. The second-order valence-corrected chi connectivity index (χ2v) is 7.11. The highest BCUT2D eigenvalue weighted by Gasteiger charge is 2.30. The van der Waals surface area contributed by atoms with Crippen LogP contribution in [-0.2, 0) is 11.0 Å². The van der Waals surface area contributed by atoms with E-state index in [4.69, 9.17) is 5.73 Å². The summed E-state index contributed by atoms with van der Waals surface area (Å²) in [6.07, 6.45) is 0.229. The number of piperidine rings is 1. The number of anilines is 1. The summed E-state index contributed by atoms with van der Waals surface area (Å²) >= 11 is 3.49. The molecule has 4 nitrogen and oxygen atoms in total. The molecule has 1 aliphatic rings. The van der Waals surface area contributed by atoms with E-state index in [1.807, 2.05) is 0 Å². The van der Waals surface area contributed by atoms with Crippen molar-refractivity contribution in [2.75, 3.05) is 18.0 Å². The van der Waals surface area contributed by atoms with Crippen LogP contribution in [0.15, 0.2) is 41.1 Å². The lowest BCUT2D eigenvalue weighted by atomic mass is 9.95. The number of nitrogens with zero attached hydrogens (tertiary/aromatic N) is 2. The van der Waals surface area contributed by atoms with Gasteiger partial charge in [-0.1, -0.05) is 12.1 Å². The zero-order chi connectivity index (χ0) is 18.9. The van der Waals surface area contributed by atoms with Crippen molar-refractivity contribution in [3.63, 3.8) is 0 Å². The molecule has 0 atom stereocenters. The van der Waals surface area contributed by atoms with Crippen molar-refractivity contribution in [3.05, 3.63) is 46.7 Å². The zero-order valence-corrected chi connectivity index (χ0v) is 15.3. The molecule has 2 N–H and O–H groups in total. The summed E-state index contributed by atoms with van der Waals surface area (Å²) in [5.74, 6) is -0.428. The molecule has 8 heteroatoms. The van der Waals surface area contributed by atoms with Crippen molar-refractivity contribution in [1.82, 2.24) is 4.98 Å². The van der Waals surface area contributed by atoms with Gasteiger partial charge in [-0.25, -0.2) is 0 Å². The van der Waals surface area contributed by atoms with E-state index in [0.717, 1.165) is 27.9 Å². The van der Waals surface area contributed by atoms with Crippen LogP contribution in [0.25, 0.3) is 11.1 Å². The molecule has 0 radical (unpaired) electrons. The average Bonchev–Trinajstić information content (AvgIpc) is 2.61. The molecule has 1 saturated heterocycles. The Morgan fingerprint density at radius 3 is 2.31 bits per heavy atom. The van der Waals surface area contributed by atoms with E-state index in [2.05, 4.69) is 25.8 Å². The third-order valence-electron chi connectivity index (χ3n) is 4.61. The van der Waals surface area contributed by atoms with Crippen LogP contribution in [-0.4, -0.2) is 24.0 Å². The predicted octanol–water partition coefficient (Wildman–Crippen LogP) is 4.23. The Hall–Kier alpha value is -2.09. The fraction of sp³-hybridized carbons (Fsp3) is 0.333. The zero-order valence-electron chi connectivity index (χ0n) is 13.8. The molecule has 3 rings (SSSR count). The van der Waals surface area contributed by atoms with E-state index >= 15 is 0 Å². The van der Waals surface area contributed by atoms with Gasteiger partial charge in [0, 0.05) is 37.0 Å². The number of pyridine rings is 1. The molecule has 1 aliphatic heterocycles. The SMILES string of the molecule is NC(=O)C1CCN(c2c(Br)cncc2-c2ccc(C(F)(F)F)cc2)CC1. The van der Waals surface area contributed by atoms with Crippen LogP contribution in [0.3, 0.4) is 0 Å². The number of amides is 1. The van der Waals surface area contributed by atoms with Crippen molar-refractivity contribution < 1.29 is 18.0 Å². The van der Waals surface area contributed by atoms with Crippen molar-refractivity contribution in [3.8, 4) is 11.1 Å². The molecule has 0 aliphatic carbocycles. The summed E-state index contributed by atoms with van der Waals surface area (Å²) in [4.78, 5) is 17.6. The molecule has 1 aromatic carbocycles. The normalized spacial score (nSPS) is 15.9. The fourth-order valence-electron chi connectivity index (χ4n) is 3.19. The number of alkyl halides is 3. The molecular weight excluding hydrogens is 411 g/mol. The van der Waals surface area contributed by atoms with E-state index in [-0.39, 0.29) is 11.8 Å². The summed E-state index contributed by atoms with van der Waals surface area (Å²) < 4.78 is 39.1. The first-order valence-corrected chi connectivity index (χ1v) is 8.92. The number of primary amides is 1. The second kappa shape index (κ2) is 7.26. The van der Waals surface area contributed by atoms with Crippen LogP contribution in [0.1, 0.15) is 18.4 Å². The molecule has 1 aromatic heterocycles. The second-order valence-electron chi connectivity index (χ2n) is 6.26. The molecule has 1 amide bonds. The number of carbonyl (C=O) groups is 1. The van der Waals surface area contributed by atoms with E-state index in [1.54, 1.807) is 12.4 Å². The molecule has 2 aromatic rings. The van der Waals surface area contributed by atoms with E-state index < -0.39 is 11.7 Å². The minimum atomic E-state index is -4.37. The van der Waals surface area contributed by atoms with Crippen LogP contribution < -0.4 is 10.6 Å². The standard InChI is InChI=1S/C18H17BrF3N3O/c19-15-10-24-9-14(11-1-3-13(4-2-11)18(20,21)22)16(15)25-7-5-12(6-8-25)17(23)26/h1-4,9-10,12H,5-8H2,(H2,23,26). The number of hydrogen-bond acceptors (Lipinski definition) is 3. The number of carbonyl (C=O) groups excluding carboxylic acids is 1. The number of halogens is 4. The largest absolute Gasteiger partial charge is 0.416 e. The van der Waals surface area contributed by atoms with Gasteiger partial charge >= 0.3 is 6.18 Å². The summed E-state index contributed by atoms with van der Waals surface area (Å²) in [6, 6.07) is 5.04. The Balaban J connectivity index is 1.92. The van der Waals surface area contributed by atoms with Crippen molar-refractivity contribution >= 4 is 27.5 Å². The maximum atomic E-state index is 12.8. The summed E-state index contributed by atoms with van der Waals surface area (Å²) in [5.41, 5.74) is 6.95. The van der Waals surface area contributed by atoms with E-state index in [0.29, 0.717) is 31.5 Å². The van der Waals surface area contributed by atoms with Gasteiger partial charge in [0.25, 0.3) is 0 Å². The summed E-state index contributed by atoms with van der Waals surface area (Å²) in [5, 5.41) is 0. The molecule has 0 unspecified atom stereocenters. The van der Waals surface area contributed by atoms with Crippen LogP contribution in [0.5, 0.6) is 0 Å². The van der Waals surface area contributed by atoms with Gasteiger partial charge in [0.05, 0.1) is 15.7 Å². The van der Waals surface area contributed by atoms with Gasteiger partial charge in [-0.15, -0.1) is 0 Å². The Kier molecular flexibility index (Phi) is 5.22. The third-order valence-corrected chi connectivity index (χ3v) is 5.19. The minimum Gasteiger partial charge on any atom is -0.370 e. The molecular formula is C18H17BrF3N3O. The Bertz CT molecular complexity index is 800. The van der Waals surface area contributed by atoms with Gasteiger partial charge < -0.3 is 10.6 Å². The first kappa shape index (κ1) is 18.7. The molecule has 138 valence electrons. The Morgan fingerprint density at radius 1 is 1.15 bits per heavy atom. The third kappa shape index (κ3) is 3.85. The smallest absolute Gasteiger partial charge is 0.370 e. The van der Waals surface area contributed by atoms with Gasteiger partial charge in [0.1, 0.15) is 0 Å². The minimum absolute atomic E-state index is 0.138. The number of aromatic nitrogens is 1. The quantitative estimate of drug-likeness (QED) is 0.796. The lowest BCUT2D eigenvalue weighted by Crippen LogP contribution is -2.38. The summed E-state index contributed by atoms with van der Waals surface area (Å²) in [7, 11) is 0. The van der Waals surface area contributed by atoms with Crippen LogP contribution >= 0.6 is 15.9 Å². The first-order chi connectivity index (χ1) is 12.3. The predicted molar refractivity (Wildman–Crippen MR) is 96.5 cm³/mol. The lowest BCUT2D eigenvalue weighted by Gasteiger charge is -2.34. The maximum absolute atomic E-state index is 12.8. The molecule has 26 heavy (non-hydrogen) atoms. The highest BCUT2D eigenvalue weighted by atomic mass is 79.9. The molecule has 0 bridgehead atoms. The van der Waals surface area contributed by atoms with Gasteiger partial charge in [0.2, 0.25) is 5.91 Å². The average molecular weight is 428 g/mol. The Morgan fingerprint density at radius 2 is 1.77 bits per heavy atom. The molecule has 0 saturated carbocycles. The number of hydrogen-bond donors (Lipinski definition) is 1. The van der Waals surface area contributed by atoms with Gasteiger partial charge in [-0.2, -0.15) is 13.2 Å².